The van der Waals surface area contributed by atoms with Gasteiger partial charge in [0.1, 0.15) is 0 Å². The van der Waals surface area contributed by atoms with E-state index in [-0.39, 0.29) is 17.6 Å². The maximum atomic E-state index is 15.6. The van der Waals surface area contributed by atoms with Gasteiger partial charge in [-0.2, -0.15) is 14.7 Å². The molecule has 11 nitrogen and oxygen atoms in total. The summed E-state index contributed by atoms with van der Waals surface area (Å²) in [4.78, 5) is 22.6. The van der Waals surface area contributed by atoms with E-state index in [9.17, 15) is 4.79 Å². The van der Waals surface area contributed by atoms with Gasteiger partial charge in [0.05, 0.1) is 29.6 Å². The quantitative estimate of drug-likeness (QED) is 0.319. The molecule has 4 aromatic heterocycles. The van der Waals surface area contributed by atoms with Crippen molar-refractivity contribution in [2.75, 3.05) is 13.1 Å². The zero-order valence-electron chi connectivity index (χ0n) is 21.5. The van der Waals surface area contributed by atoms with Crippen LogP contribution < -0.4 is 0 Å². The molecule has 0 radical (unpaired) electrons. The smallest absolute Gasteiger partial charge is 0.411 e. The van der Waals surface area contributed by atoms with Crippen molar-refractivity contribution in [3.8, 4) is 23.5 Å². The lowest BCUT2D eigenvalue weighted by Gasteiger charge is -2.39. The van der Waals surface area contributed by atoms with Crippen molar-refractivity contribution in [3.05, 3.63) is 66.1 Å². The Morgan fingerprint density at radius 1 is 1.15 bits per heavy atom. The number of likely N-dealkylation sites (tertiary alicyclic amines) is 1. The lowest BCUT2D eigenvalue weighted by molar-refractivity contribution is 0.0154. The number of benzene rings is 1. The van der Waals surface area contributed by atoms with Crippen LogP contribution in [-0.2, 0) is 4.74 Å². The zero-order chi connectivity index (χ0) is 27.3. The molecule has 196 valence electrons. The first kappa shape index (κ1) is 24.4. The summed E-state index contributed by atoms with van der Waals surface area (Å²) in [5.74, 6) is 2.75. The van der Waals surface area contributed by atoms with E-state index < -0.39 is 17.9 Å². The molecule has 0 saturated carbocycles. The summed E-state index contributed by atoms with van der Waals surface area (Å²) in [6.45, 7) is 6.05. The summed E-state index contributed by atoms with van der Waals surface area (Å²) < 4.78 is 24.1. The number of carbonyl (C=O) groups excluding carboxylic acids is 1. The first-order valence-electron chi connectivity index (χ1n) is 12.3. The van der Waals surface area contributed by atoms with Crippen LogP contribution in [0.3, 0.4) is 0 Å². The van der Waals surface area contributed by atoms with Crippen molar-refractivity contribution in [3.63, 3.8) is 0 Å². The number of aromatic nitrogens is 8. The largest absolute Gasteiger partial charge is 0.430 e. The normalized spacial score (nSPS) is 14.8. The number of rotatable bonds is 5. The highest BCUT2D eigenvalue weighted by Gasteiger charge is 2.35. The van der Waals surface area contributed by atoms with E-state index in [2.05, 4.69) is 36.3 Å². The Hall–Kier alpha value is -4.92. The van der Waals surface area contributed by atoms with E-state index in [1.165, 1.54) is 4.52 Å². The van der Waals surface area contributed by atoms with Crippen LogP contribution >= 0.6 is 0 Å². The molecule has 12 heteroatoms. The second kappa shape index (κ2) is 9.13. The summed E-state index contributed by atoms with van der Waals surface area (Å²) in [6, 6.07) is 7.17. The highest BCUT2D eigenvalue weighted by atomic mass is 19.1. The third-order valence-electron chi connectivity index (χ3n) is 6.62. The number of terminal acetylenes is 1. The van der Waals surface area contributed by atoms with Gasteiger partial charge in [-0.25, -0.2) is 14.2 Å². The predicted molar refractivity (Wildman–Crippen MR) is 139 cm³/mol. The van der Waals surface area contributed by atoms with Crippen LogP contribution in [0.4, 0.5) is 9.18 Å². The minimum absolute atomic E-state index is 0.0253. The highest BCUT2D eigenvalue weighted by Crippen LogP contribution is 2.30. The Labute approximate surface area is 222 Å². The third-order valence-corrected chi connectivity index (χ3v) is 6.62. The van der Waals surface area contributed by atoms with Crippen molar-refractivity contribution < 1.29 is 13.9 Å². The molecule has 0 aliphatic carbocycles. The van der Waals surface area contributed by atoms with Gasteiger partial charge in [0, 0.05) is 42.0 Å². The zero-order valence-corrected chi connectivity index (χ0v) is 21.5. The molecule has 39 heavy (non-hydrogen) atoms. The molecule has 0 N–H and O–H groups in total. The van der Waals surface area contributed by atoms with Crippen molar-refractivity contribution in [1.82, 2.24) is 44.5 Å². The fraction of sp³-hybridized carbons (Fsp3) is 0.296. The average molecular weight is 526 g/mol. The average Bonchev–Trinajstić information content (AvgIpc) is 3.54. The Balaban J connectivity index is 1.20. The van der Waals surface area contributed by atoms with Gasteiger partial charge >= 0.3 is 6.09 Å². The van der Waals surface area contributed by atoms with Crippen molar-refractivity contribution >= 4 is 22.8 Å². The van der Waals surface area contributed by atoms with Crippen LogP contribution in [0.2, 0.25) is 0 Å². The fourth-order valence-electron chi connectivity index (χ4n) is 4.34. The Bertz CT molecular complexity index is 1760. The summed E-state index contributed by atoms with van der Waals surface area (Å²) >= 11 is 0. The number of hydrogen-bond donors (Lipinski definition) is 0. The molecule has 0 bridgehead atoms. The van der Waals surface area contributed by atoms with E-state index in [1.54, 1.807) is 62.5 Å². The molecule has 1 amide bonds. The first-order valence-corrected chi connectivity index (χ1v) is 12.3. The van der Waals surface area contributed by atoms with Gasteiger partial charge in [-0.05, 0) is 44.5 Å². The number of nitrogens with zero attached hydrogens (tertiary/aromatic N) is 9. The third kappa shape index (κ3) is 4.52. The van der Waals surface area contributed by atoms with Crippen LogP contribution in [0.5, 0.6) is 0 Å². The van der Waals surface area contributed by atoms with E-state index >= 15 is 4.39 Å². The standard InChI is InChI=1S/C27H24FN9O2/c1-5-27(3,4)39-26(38)35-14-21(15-35)36-13-20(12-31-36)19-9-18-8-17(6-7-22(18)29-11-19)23(28)24-32-33-25-30-10-16(2)34-37(24)25/h1,6-13,21,23H,14-15H2,2-4H3. The Kier molecular flexibility index (Phi) is 5.71. The molecule has 1 atom stereocenters. The van der Waals surface area contributed by atoms with Crippen molar-refractivity contribution in [1.29, 1.82) is 0 Å². The van der Waals surface area contributed by atoms with Crippen LogP contribution in [0.15, 0.2) is 49.1 Å². The second-order valence-electron chi connectivity index (χ2n) is 10.00. The first-order chi connectivity index (χ1) is 18.7. The number of pyridine rings is 1. The molecular weight excluding hydrogens is 501 g/mol. The molecule has 1 unspecified atom stereocenters. The minimum Gasteiger partial charge on any atom is -0.430 e. The number of hydrogen-bond acceptors (Lipinski definition) is 8. The van der Waals surface area contributed by atoms with E-state index in [0.717, 1.165) is 22.0 Å². The van der Waals surface area contributed by atoms with E-state index in [0.29, 0.717) is 24.3 Å². The summed E-state index contributed by atoms with van der Waals surface area (Å²) in [5, 5.41) is 17.4. The lowest BCUT2D eigenvalue weighted by Crippen LogP contribution is -2.52. The minimum atomic E-state index is -1.55. The molecule has 1 aliphatic rings. The molecule has 0 spiro atoms. The lowest BCUT2D eigenvalue weighted by atomic mass is 10.0. The van der Waals surface area contributed by atoms with Gasteiger partial charge < -0.3 is 9.64 Å². The number of fused-ring (bicyclic) bond motifs is 2. The molecule has 5 heterocycles. The SMILES string of the molecule is C#CC(C)(C)OC(=O)N1CC(n2cc(-c3cnc4ccc(C(F)c5nnc6ncc(C)nn56)cc4c3)cn2)C1. The molecule has 6 rings (SSSR count). The van der Waals surface area contributed by atoms with Gasteiger partial charge in [-0.3, -0.25) is 9.67 Å². The second-order valence-corrected chi connectivity index (χ2v) is 10.00. The van der Waals surface area contributed by atoms with Crippen LogP contribution in [0.25, 0.3) is 27.8 Å². The number of aryl methyl sites for hydroxylation is 1. The van der Waals surface area contributed by atoms with Gasteiger partial charge in [0.25, 0.3) is 5.78 Å². The fourth-order valence-corrected chi connectivity index (χ4v) is 4.34. The topological polar surface area (TPSA) is 116 Å². The van der Waals surface area contributed by atoms with Crippen LogP contribution in [0, 0.1) is 19.3 Å². The molecular formula is C27H24FN9O2. The Morgan fingerprint density at radius 2 is 1.97 bits per heavy atom. The highest BCUT2D eigenvalue weighted by molar-refractivity contribution is 5.84. The number of amides is 1. The number of halogens is 1. The maximum absolute atomic E-state index is 15.6. The van der Waals surface area contributed by atoms with E-state index in [4.69, 9.17) is 11.2 Å². The number of ether oxygens (including phenoxy) is 1. The van der Waals surface area contributed by atoms with Crippen molar-refractivity contribution in [2.24, 2.45) is 0 Å². The predicted octanol–water partition coefficient (Wildman–Crippen LogP) is 3.70. The molecule has 5 aromatic rings. The van der Waals surface area contributed by atoms with Gasteiger partial charge in [-0.1, -0.05) is 12.0 Å². The molecule has 1 fully saturated rings. The van der Waals surface area contributed by atoms with Crippen LogP contribution in [0.1, 0.15) is 43.1 Å². The van der Waals surface area contributed by atoms with E-state index in [1.807, 2.05) is 16.9 Å². The van der Waals surface area contributed by atoms with Crippen molar-refractivity contribution in [2.45, 2.75) is 38.6 Å². The van der Waals surface area contributed by atoms with Gasteiger partial charge in [0.15, 0.2) is 17.6 Å². The Morgan fingerprint density at radius 3 is 2.77 bits per heavy atom. The molecule has 1 saturated heterocycles. The van der Waals surface area contributed by atoms with Gasteiger partial charge in [-0.15, -0.1) is 16.6 Å². The number of alkyl halides is 1. The van der Waals surface area contributed by atoms with Gasteiger partial charge in [0.2, 0.25) is 0 Å². The summed E-state index contributed by atoms with van der Waals surface area (Å²) in [6.07, 6.45) is 10.4. The molecule has 1 aromatic carbocycles. The summed E-state index contributed by atoms with van der Waals surface area (Å²) in [5.41, 5.74) is 2.50. The monoisotopic (exact) mass is 525 g/mol. The maximum Gasteiger partial charge on any atom is 0.411 e. The summed E-state index contributed by atoms with van der Waals surface area (Å²) in [7, 11) is 0. The van der Waals surface area contributed by atoms with Crippen LogP contribution in [-0.4, -0.2) is 69.2 Å². The molecule has 1 aliphatic heterocycles. The number of carbonyl (C=O) groups is 1.